The van der Waals surface area contributed by atoms with Crippen LogP contribution in [-0.2, 0) is 0 Å². The summed E-state index contributed by atoms with van der Waals surface area (Å²) in [6, 6.07) is 0. The second-order valence-electron chi connectivity index (χ2n) is 5.32. The standard InChI is InChI=1S/C13H25N5/c1-7-14-12-15-8-10(2)11(17-12)16-9-13(3,4)18(5)6/h8H,7,9H2,1-6H3,(H2,14,15,16,17). The lowest BCUT2D eigenvalue weighted by Gasteiger charge is -2.33. The summed E-state index contributed by atoms with van der Waals surface area (Å²) in [6.45, 7) is 10.1. The van der Waals surface area contributed by atoms with Crippen molar-refractivity contribution in [3.63, 3.8) is 0 Å². The van der Waals surface area contributed by atoms with Gasteiger partial charge in [-0.3, -0.25) is 0 Å². The van der Waals surface area contributed by atoms with Crippen molar-refractivity contribution in [1.29, 1.82) is 0 Å². The molecule has 0 aliphatic rings. The Morgan fingerprint density at radius 2 is 1.94 bits per heavy atom. The quantitative estimate of drug-likeness (QED) is 0.809. The van der Waals surface area contributed by atoms with Crippen molar-refractivity contribution >= 4 is 11.8 Å². The molecule has 5 nitrogen and oxygen atoms in total. The lowest BCUT2D eigenvalue weighted by Crippen LogP contribution is -2.44. The largest absolute Gasteiger partial charge is 0.368 e. The maximum atomic E-state index is 4.47. The van der Waals surface area contributed by atoms with E-state index in [-0.39, 0.29) is 5.54 Å². The Morgan fingerprint density at radius 3 is 2.50 bits per heavy atom. The van der Waals surface area contributed by atoms with E-state index in [4.69, 9.17) is 0 Å². The van der Waals surface area contributed by atoms with Gasteiger partial charge in [-0.15, -0.1) is 0 Å². The first kappa shape index (κ1) is 14.7. The number of likely N-dealkylation sites (N-methyl/N-ethyl adjacent to an activating group) is 1. The molecule has 0 saturated heterocycles. The van der Waals surface area contributed by atoms with Gasteiger partial charge in [0.25, 0.3) is 0 Å². The summed E-state index contributed by atoms with van der Waals surface area (Å²) in [5, 5.41) is 6.52. The van der Waals surface area contributed by atoms with Crippen LogP contribution in [0.25, 0.3) is 0 Å². The van der Waals surface area contributed by atoms with E-state index in [9.17, 15) is 0 Å². The van der Waals surface area contributed by atoms with E-state index < -0.39 is 0 Å². The number of rotatable bonds is 6. The van der Waals surface area contributed by atoms with E-state index in [1.54, 1.807) is 0 Å². The fourth-order valence-corrected chi connectivity index (χ4v) is 1.32. The molecule has 0 radical (unpaired) electrons. The van der Waals surface area contributed by atoms with Gasteiger partial charge in [0.15, 0.2) is 0 Å². The average molecular weight is 251 g/mol. The molecule has 1 heterocycles. The maximum Gasteiger partial charge on any atom is 0.224 e. The van der Waals surface area contributed by atoms with Crippen LogP contribution >= 0.6 is 0 Å². The molecular weight excluding hydrogens is 226 g/mol. The van der Waals surface area contributed by atoms with Crippen LogP contribution in [0, 0.1) is 6.92 Å². The molecule has 0 bridgehead atoms. The van der Waals surface area contributed by atoms with Crippen LogP contribution < -0.4 is 10.6 Å². The summed E-state index contributed by atoms with van der Waals surface area (Å²) in [5.41, 5.74) is 1.14. The first-order valence-electron chi connectivity index (χ1n) is 6.35. The van der Waals surface area contributed by atoms with Crippen LogP contribution in [0.4, 0.5) is 11.8 Å². The van der Waals surface area contributed by atoms with E-state index >= 15 is 0 Å². The van der Waals surface area contributed by atoms with Crippen LogP contribution in [-0.4, -0.2) is 47.6 Å². The molecule has 0 amide bonds. The van der Waals surface area contributed by atoms with Crippen molar-refractivity contribution in [2.75, 3.05) is 37.8 Å². The third-order valence-corrected chi connectivity index (χ3v) is 3.21. The normalized spacial score (nSPS) is 11.7. The Bertz CT molecular complexity index is 387. The molecule has 0 fully saturated rings. The molecule has 2 N–H and O–H groups in total. The van der Waals surface area contributed by atoms with Gasteiger partial charge in [0.05, 0.1) is 0 Å². The highest BCUT2D eigenvalue weighted by Gasteiger charge is 2.20. The summed E-state index contributed by atoms with van der Waals surface area (Å²) in [7, 11) is 4.16. The van der Waals surface area contributed by atoms with Crippen molar-refractivity contribution < 1.29 is 0 Å². The Labute approximate surface area is 110 Å². The molecule has 0 unspecified atom stereocenters. The minimum Gasteiger partial charge on any atom is -0.368 e. The molecule has 1 aromatic heterocycles. The molecule has 5 heteroatoms. The molecular formula is C13H25N5. The molecule has 18 heavy (non-hydrogen) atoms. The van der Waals surface area contributed by atoms with Crippen molar-refractivity contribution in [3.8, 4) is 0 Å². The molecule has 0 aliphatic carbocycles. The van der Waals surface area contributed by atoms with Crippen molar-refractivity contribution in [1.82, 2.24) is 14.9 Å². The van der Waals surface area contributed by atoms with Crippen molar-refractivity contribution in [2.24, 2.45) is 0 Å². The van der Waals surface area contributed by atoms with Gasteiger partial charge in [-0.05, 0) is 41.8 Å². The number of anilines is 2. The lowest BCUT2D eigenvalue weighted by molar-refractivity contribution is 0.210. The first-order chi connectivity index (χ1) is 8.36. The van der Waals surface area contributed by atoms with Gasteiger partial charge >= 0.3 is 0 Å². The summed E-state index contributed by atoms with van der Waals surface area (Å²) >= 11 is 0. The van der Waals surface area contributed by atoms with E-state index in [0.717, 1.165) is 24.5 Å². The second kappa shape index (κ2) is 6.00. The van der Waals surface area contributed by atoms with Crippen LogP contribution in [0.15, 0.2) is 6.20 Å². The highest BCUT2D eigenvalue weighted by atomic mass is 15.2. The molecule has 0 spiro atoms. The minimum atomic E-state index is 0.0791. The molecule has 0 aliphatic heterocycles. The average Bonchev–Trinajstić information content (AvgIpc) is 2.30. The lowest BCUT2D eigenvalue weighted by atomic mass is 10.0. The third-order valence-electron chi connectivity index (χ3n) is 3.21. The zero-order valence-corrected chi connectivity index (χ0v) is 12.3. The number of aromatic nitrogens is 2. The van der Waals surface area contributed by atoms with E-state index in [1.165, 1.54) is 0 Å². The van der Waals surface area contributed by atoms with Gasteiger partial charge in [-0.2, -0.15) is 4.98 Å². The molecule has 102 valence electrons. The number of hydrogen-bond donors (Lipinski definition) is 2. The molecule has 1 aromatic rings. The predicted molar refractivity (Wildman–Crippen MR) is 77.2 cm³/mol. The topological polar surface area (TPSA) is 53.1 Å². The Balaban J connectivity index is 2.75. The van der Waals surface area contributed by atoms with Gasteiger partial charge in [-0.25, -0.2) is 4.98 Å². The van der Waals surface area contributed by atoms with Crippen molar-refractivity contribution in [3.05, 3.63) is 11.8 Å². The fourth-order valence-electron chi connectivity index (χ4n) is 1.32. The summed E-state index contributed by atoms with van der Waals surface area (Å²) < 4.78 is 0. The molecule has 0 atom stereocenters. The number of nitrogens with zero attached hydrogens (tertiary/aromatic N) is 3. The van der Waals surface area contributed by atoms with Crippen LogP contribution in [0.3, 0.4) is 0 Å². The zero-order valence-electron chi connectivity index (χ0n) is 12.3. The summed E-state index contributed by atoms with van der Waals surface area (Å²) in [6.07, 6.45) is 1.84. The summed E-state index contributed by atoms with van der Waals surface area (Å²) in [5.74, 6) is 1.57. The maximum absolute atomic E-state index is 4.47. The SMILES string of the molecule is CCNc1ncc(C)c(NCC(C)(C)N(C)C)n1. The highest BCUT2D eigenvalue weighted by molar-refractivity contribution is 5.46. The fraction of sp³-hybridized carbons (Fsp3) is 0.692. The Hall–Kier alpha value is -1.36. The van der Waals surface area contributed by atoms with E-state index in [1.807, 2.05) is 20.0 Å². The Morgan fingerprint density at radius 1 is 1.28 bits per heavy atom. The molecule has 0 aromatic carbocycles. The van der Waals surface area contributed by atoms with Gasteiger partial charge in [0, 0.05) is 30.4 Å². The van der Waals surface area contributed by atoms with Gasteiger partial charge in [-0.1, -0.05) is 0 Å². The van der Waals surface area contributed by atoms with Crippen molar-refractivity contribution in [2.45, 2.75) is 33.2 Å². The monoisotopic (exact) mass is 251 g/mol. The van der Waals surface area contributed by atoms with Crippen LogP contribution in [0.1, 0.15) is 26.3 Å². The van der Waals surface area contributed by atoms with E-state index in [2.05, 4.69) is 53.4 Å². The number of aryl methyl sites for hydroxylation is 1. The minimum absolute atomic E-state index is 0.0791. The summed E-state index contributed by atoms with van der Waals surface area (Å²) in [4.78, 5) is 10.9. The first-order valence-corrected chi connectivity index (χ1v) is 6.35. The van der Waals surface area contributed by atoms with E-state index in [0.29, 0.717) is 5.95 Å². The molecule has 1 rings (SSSR count). The van der Waals surface area contributed by atoms with Gasteiger partial charge < -0.3 is 15.5 Å². The highest BCUT2D eigenvalue weighted by Crippen LogP contribution is 2.16. The zero-order chi connectivity index (χ0) is 13.8. The third kappa shape index (κ3) is 3.84. The molecule has 0 saturated carbocycles. The van der Waals surface area contributed by atoms with Crippen LogP contribution in [0.5, 0.6) is 0 Å². The van der Waals surface area contributed by atoms with Gasteiger partial charge in [0.1, 0.15) is 5.82 Å². The van der Waals surface area contributed by atoms with Gasteiger partial charge in [0.2, 0.25) is 5.95 Å². The van der Waals surface area contributed by atoms with Crippen LogP contribution in [0.2, 0.25) is 0 Å². The Kier molecular flexibility index (Phi) is 4.90. The number of nitrogens with one attached hydrogen (secondary N) is 2. The predicted octanol–water partition coefficient (Wildman–Crippen LogP) is 1.97. The second-order valence-corrected chi connectivity index (χ2v) is 5.32. The number of hydrogen-bond acceptors (Lipinski definition) is 5. The smallest absolute Gasteiger partial charge is 0.224 e.